The third kappa shape index (κ3) is 2.78. The summed E-state index contributed by atoms with van der Waals surface area (Å²) in [5, 5.41) is 11.4. The maximum Gasteiger partial charge on any atom is 0.123 e. The van der Waals surface area contributed by atoms with Crippen molar-refractivity contribution in [2.45, 2.75) is 38.6 Å². The molecule has 0 spiro atoms. The molecule has 0 radical (unpaired) electrons. The van der Waals surface area contributed by atoms with Crippen LogP contribution in [0.3, 0.4) is 0 Å². The first kappa shape index (κ1) is 12.2. The Morgan fingerprint density at radius 2 is 1.95 bits per heavy atom. The van der Waals surface area contributed by atoms with Crippen LogP contribution in [0.4, 0.5) is 5.69 Å². The lowest BCUT2D eigenvalue weighted by Crippen LogP contribution is -2.30. The zero-order valence-electron chi connectivity index (χ0n) is 11.3. The van der Waals surface area contributed by atoms with Crippen molar-refractivity contribution in [3.63, 3.8) is 0 Å². The standard InChI is InChI=1S/C15H20N4/c1-12-5-2-3-8-15(12)18-13-6-4-7-14(9-13)19-10-16-17-11-19/h4,6-7,9-12,15,18H,2-3,5,8H2,1H3. The Balaban J connectivity index is 1.76. The smallest absolute Gasteiger partial charge is 0.123 e. The van der Waals surface area contributed by atoms with E-state index in [-0.39, 0.29) is 0 Å². The summed E-state index contributed by atoms with van der Waals surface area (Å²) < 4.78 is 1.93. The summed E-state index contributed by atoms with van der Waals surface area (Å²) in [5.41, 5.74) is 2.28. The van der Waals surface area contributed by atoms with Gasteiger partial charge in [0.15, 0.2) is 0 Å². The average molecular weight is 256 g/mol. The molecule has 1 N–H and O–H groups in total. The molecule has 0 amide bonds. The lowest BCUT2D eigenvalue weighted by Gasteiger charge is -2.30. The Labute approximate surface area is 113 Å². The van der Waals surface area contributed by atoms with Gasteiger partial charge in [-0.15, -0.1) is 10.2 Å². The zero-order valence-corrected chi connectivity index (χ0v) is 11.3. The Morgan fingerprint density at radius 3 is 2.74 bits per heavy atom. The summed E-state index contributed by atoms with van der Waals surface area (Å²) in [7, 11) is 0. The number of benzene rings is 1. The highest BCUT2D eigenvalue weighted by Crippen LogP contribution is 2.27. The molecule has 2 aromatic rings. The molecule has 2 unspecified atom stereocenters. The predicted molar refractivity (Wildman–Crippen MR) is 76.4 cm³/mol. The number of hydrogen-bond donors (Lipinski definition) is 1. The van der Waals surface area contributed by atoms with E-state index in [4.69, 9.17) is 0 Å². The van der Waals surface area contributed by atoms with E-state index >= 15 is 0 Å². The summed E-state index contributed by atoms with van der Waals surface area (Å²) in [4.78, 5) is 0. The lowest BCUT2D eigenvalue weighted by atomic mass is 9.86. The first-order valence-corrected chi connectivity index (χ1v) is 7.04. The highest BCUT2D eigenvalue weighted by atomic mass is 15.2. The third-order valence-corrected chi connectivity index (χ3v) is 4.03. The van der Waals surface area contributed by atoms with Crippen molar-refractivity contribution >= 4 is 5.69 Å². The highest BCUT2D eigenvalue weighted by Gasteiger charge is 2.20. The molecule has 0 saturated heterocycles. The van der Waals surface area contributed by atoms with Crippen molar-refractivity contribution in [2.24, 2.45) is 5.92 Å². The minimum atomic E-state index is 0.602. The number of anilines is 1. The Kier molecular flexibility index (Phi) is 3.49. The molecule has 4 heteroatoms. The van der Waals surface area contributed by atoms with Gasteiger partial charge in [0.2, 0.25) is 0 Å². The fourth-order valence-corrected chi connectivity index (χ4v) is 2.84. The van der Waals surface area contributed by atoms with Crippen molar-refractivity contribution < 1.29 is 0 Å². The van der Waals surface area contributed by atoms with Crippen LogP contribution in [0.5, 0.6) is 0 Å². The molecule has 4 nitrogen and oxygen atoms in total. The molecule has 0 aliphatic heterocycles. The molecule has 1 saturated carbocycles. The van der Waals surface area contributed by atoms with Gasteiger partial charge in [0.1, 0.15) is 12.7 Å². The molecule has 3 rings (SSSR count). The first-order chi connectivity index (χ1) is 9.33. The maximum absolute atomic E-state index is 3.85. The van der Waals surface area contributed by atoms with Gasteiger partial charge in [0.05, 0.1) is 5.69 Å². The van der Waals surface area contributed by atoms with E-state index in [1.165, 1.54) is 31.4 Å². The van der Waals surface area contributed by atoms with Crippen LogP contribution in [-0.4, -0.2) is 20.8 Å². The van der Waals surface area contributed by atoms with Crippen LogP contribution in [0.1, 0.15) is 32.6 Å². The number of nitrogens with one attached hydrogen (secondary N) is 1. The van der Waals surface area contributed by atoms with Crippen molar-refractivity contribution in [2.75, 3.05) is 5.32 Å². The second kappa shape index (κ2) is 5.43. The molecular weight excluding hydrogens is 236 g/mol. The van der Waals surface area contributed by atoms with Crippen molar-refractivity contribution in [1.82, 2.24) is 14.8 Å². The van der Waals surface area contributed by atoms with Gasteiger partial charge < -0.3 is 5.32 Å². The van der Waals surface area contributed by atoms with Crippen LogP contribution in [0.25, 0.3) is 5.69 Å². The first-order valence-electron chi connectivity index (χ1n) is 7.04. The van der Waals surface area contributed by atoms with Crippen molar-refractivity contribution in [3.8, 4) is 5.69 Å². The lowest BCUT2D eigenvalue weighted by molar-refractivity contribution is 0.349. The highest BCUT2D eigenvalue weighted by molar-refractivity contribution is 5.51. The molecule has 0 bridgehead atoms. The maximum atomic E-state index is 3.85. The van der Waals surface area contributed by atoms with Crippen LogP contribution >= 0.6 is 0 Å². The quantitative estimate of drug-likeness (QED) is 0.916. The second-order valence-electron chi connectivity index (χ2n) is 5.43. The molecule has 1 aromatic carbocycles. The largest absolute Gasteiger partial charge is 0.382 e. The van der Waals surface area contributed by atoms with Crippen LogP contribution in [0.15, 0.2) is 36.9 Å². The number of aromatic nitrogens is 3. The van der Waals surface area contributed by atoms with Crippen LogP contribution in [-0.2, 0) is 0 Å². The Bertz CT molecular complexity index is 521. The van der Waals surface area contributed by atoms with Gasteiger partial charge in [-0.05, 0) is 37.0 Å². The molecule has 2 atom stereocenters. The fraction of sp³-hybridized carbons (Fsp3) is 0.467. The van der Waals surface area contributed by atoms with Gasteiger partial charge in [-0.3, -0.25) is 4.57 Å². The summed E-state index contributed by atoms with van der Waals surface area (Å²) in [5.74, 6) is 0.757. The topological polar surface area (TPSA) is 42.7 Å². The molecule has 1 heterocycles. The average Bonchev–Trinajstić information content (AvgIpc) is 2.96. The number of nitrogens with zero attached hydrogens (tertiary/aromatic N) is 3. The summed E-state index contributed by atoms with van der Waals surface area (Å²) in [6, 6.07) is 9.04. The van der Waals surface area contributed by atoms with E-state index < -0.39 is 0 Å². The minimum Gasteiger partial charge on any atom is -0.382 e. The predicted octanol–water partition coefficient (Wildman–Crippen LogP) is 3.26. The SMILES string of the molecule is CC1CCCCC1Nc1cccc(-n2cnnc2)c1. The van der Waals surface area contributed by atoms with Crippen molar-refractivity contribution in [3.05, 3.63) is 36.9 Å². The molecule has 19 heavy (non-hydrogen) atoms. The zero-order chi connectivity index (χ0) is 13.1. The molecule has 1 aliphatic carbocycles. The monoisotopic (exact) mass is 256 g/mol. The summed E-state index contributed by atoms with van der Waals surface area (Å²) in [6.45, 7) is 2.35. The second-order valence-corrected chi connectivity index (χ2v) is 5.43. The number of hydrogen-bond acceptors (Lipinski definition) is 3. The fourth-order valence-electron chi connectivity index (χ4n) is 2.84. The number of rotatable bonds is 3. The van der Waals surface area contributed by atoms with Gasteiger partial charge >= 0.3 is 0 Å². The van der Waals surface area contributed by atoms with Gasteiger partial charge in [-0.25, -0.2) is 0 Å². The van der Waals surface area contributed by atoms with E-state index in [1.54, 1.807) is 12.7 Å². The molecule has 1 aromatic heterocycles. The third-order valence-electron chi connectivity index (χ3n) is 4.03. The van der Waals surface area contributed by atoms with Gasteiger partial charge in [-0.1, -0.05) is 25.8 Å². The molecule has 100 valence electrons. The van der Waals surface area contributed by atoms with Gasteiger partial charge in [0.25, 0.3) is 0 Å². The summed E-state index contributed by atoms with van der Waals surface area (Å²) >= 11 is 0. The molecule has 1 fully saturated rings. The molecular formula is C15H20N4. The summed E-state index contributed by atoms with van der Waals surface area (Å²) in [6.07, 6.45) is 8.78. The van der Waals surface area contributed by atoms with E-state index in [0.717, 1.165) is 11.6 Å². The van der Waals surface area contributed by atoms with Crippen LogP contribution in [0.2, 0.25) is 0 Å². The van der Waals surface area contributed by atoms with Gasteiger partial charge in [0, 0.05) is 11.7 Å². The minimum absolute atomic E-state index is 0.602. The van der Waals surface area contributed by atoms with E-state index in [9.17, 15) is 0 Å². The van der Waals surface area contributed by atoms with Crippen LogP contribution in [0, 0.1) is 5.92 Å². The normalized spacial score (nSPS) is 23.2. The van der Waals surface area contributed by atoms with E-state index in [2.05, 4.69) is 46.7 Å². The van der Waals surface area contributed by atoms with E-state index in [0.29, 0.717) is 6.04 Å². The van der Waals surface area contributed by atoms with Gasteiger partial charge in [-0.2, -0.15) is 0 Å². The van der Waals surface area contributed by atoms with E-state index in [1.807, 2.05) is 4.57 Å². The van der Waals surface area contributed by atoms with Crippen LogP contribution < -0.4 is 5.32 Å². The Morgan fingerprint density at radius 1 is 1.16 bits per heavy atom. The molecule has 1 aliphatic rings. The Hall–Kier alpha value is -1.84. The van der Waals surface area contributed by atoms with Crippen molar-refractivity contribution in [1.29, 1.82) is 0 Å².